The number of amides is 1. The zero-order chi connectivity index (χ0) is 17.0. The number of aromatic nitrogens is 1. The molecule has 0 saturated heterocycles. The first-order chi connectivity index (χ1) is 10.9. The lowest BCUT2D eigenvalue weighted by Crippen LogP contribution is -2.08. The van der Waals surface area contributed by atoms with E-state index in [0.29, 0.717) is 28.0 Å². The number of rotatable bonds is 6. The molecule has 2 N–H and O–H groups in total. The lowest BCUT2D eigenvalue weighted by atomic mass is 10.0. The molecule has 0 spiro atoms. The summed E-state index contributed by atoms with van der Waals surface area (Å²) in [6, 6.07) is 7.94. The number of anilines is 1. The van der Waals surface area contributed by atoms with E-state index >= 15 is 0 Å². The van der Waals surface area contributed by atoms with Crippen LogP contribution in [0.4, 0.5) is 5.13 Å². The van der Waals surface area contributed by atoms with Gasteiger partial charge < -0.3 is 10.4 Å². The number of thiazole rings is 1. The summed E-state index contributed by atoms with van der Waals surface area (Å²) in [7, 11) is 0. The first-order valence-electron chi connectivity index (χ1n) is 7.52. The molecule has 0 aliphatic rings. The highest BCUT2D eigenvalue weighted by atomic mass is 32.1. The Balaban J connectivity index is 2.37. The number of aliphatic carboxylic acids is 1. The smallest absolute Gasteiger partial charge is 0.308 e. The fourth-order valence-corrected chi connectivity index (χ4v) is 3.11. The molecule has 1 amide bonds. The van der Waals surface area contributed by atoms with Crippen LogP contribution in [0.3, 0.4) is 0 Å². The topological polar surface area (TPSA) is 79.3 Å². The van der Waals surface area contributed by atoms with Crippen molar-refractivity contribution in [1.29, 1.82) is 0 Å². The zero-order valence-corrected chi connectivity index (χ0v) is 14.2. The van der Waals surface area contributed by atoms with Gasteiger partial charge in [0, 0.05) is 16.9 Å². The second kappa shape index (κ2) is 7.37. The monoisotopic (exact) mass is 332 g/mol. The number of hydrogen-bond donors (Lipinski definition) is 2. The van der Waals surface area contributed by atoms with Crippen LogP contribution in [0.25, 0.3) is 11.3 Å². The highest BCUT2D eigenvalue weighted by Crippen LogP contribution is 2.32. The van der Waals surface area contributed by atoms with Crippen LogP contribution >= 0.6 is 11.3 Å². The minimum absolute atomic E-state index is 0.110. The summed E-state index contributed by atoms with van der Waals surface area (Å²) < 4.78 is 0. The van der Waals surface area contributed by atoms with Gasteiger partial charge in [0.1, 0.15) is 0 Å². The van der Waals surface area contributed by atoms with Gasteiger partial charge in [0.2, 0.25) is 5.91 Å². The van der Waals surface area contributed by atoms with Crippen molar-refractivity contribution >= 4 is 28.3 Å². The molecule has 0 saturated carbocycles. The molecule has 0 fully saturated rings. The number of carboxylic acid groups (broad SMARTS) is 1. The molecule has 0 unspecified atom stereocenters. The summed E-state index contributed by atoms with van der Waals surface area (Å²) >= 11 is 1.21. The van der Waals surface area contributed by atoms with Gasteiger partial charge in [-0.2, -0.15) is 0 Å². The molecule has 1 aromatic heterocycles. The first kappa shape index (κ1) is 17.1. The van der Waals surface area contributed by atoms with E-state index in [4.69, 9.17) is 5.11 Å². The number of hydrogen-bond acceptors (Lipinski definition) is 4. The van der Waals surface area contributed by atoms with Crippen LogP contribution in [0, 0.1) is 0 Å². The number of nitrogens with one attached hydrogen (secondary N) is 1. The van der Waals surface area contributed by atoms with Gasteiger partial charge in [0.05, 0.1) is 12.1 Å². The molecule has 0 radical (unpaired) electrons. The van der Waals surface area contributed by atoms with Gasteiger partial charge in [0.25, 0.3) is 0 Å². The van der Waals surface area contributed by atoms with Gasteiger partial charge in [-0.3, -0.25) is 9.59 Å². The molecule has 23 heavy (non-hydrogen) atoms. The van der Waals surface area contributed by atoms with Crippen molar-refractivity contribution in [2.45, 2.75) is 39.5 Å². The van der Waals surface area contributed by atoms with E-state index in [0.717, 1.165) is 5.56 Å². The van der Waals surface area contributed by atoms with Crippen molar-refractivity contribution in [2.24, 2.45) is 0 Å². The highest BCUT2D eigenvalue weighted by Gasteiger charge is 2.17. The van der Waals surface area contributed by atoms with Crippen molar-refractivity contribution in [3.63, 3.8) is 0 Å². The molecule has 2 aromatic rings. The quantitative estimate of drug-likeness (QED) is 0.840. The van der Waals surface area contributed by atoms with E-state index in [1.54, 1.807) is 6.92 Å². The van der Waals surface area contributed by atoms with E-state index in [1.807, 2.05) is 24.3 Å². The van der Waals surface area contributed by atoms with Crippen LogP contribution in [0.5, 0.6) is 0 Å². The highest BCUT2D eigenvalue weighted by molar-refractivity contribution is 7.16. The zero-order valence-electron chi connectivity index (χ0n) is 13.4. The Labute approximate surface area is 139 Å². The molecule has 0 bridgehead atoms. The summed E-state index contributed by atoms with van der Waals surface area (Å²) in [4.78, 5) is 27.7. The second-order valence-electron chi connectivity index (χ2n) is 5.54. The number of carbonyl (C=O) groups is 2. The van der Waals surface area contributed by atoms with Crippen LogP contribution in [-0.2, 0) is 16.0 Å². The summed E-state index contributed by atoms with van der Waals surface area (Å²) in [5.74, 6) is -0.623. The minimum atomic E-state index is -0.915. The van der Waals surface area contributed by atoms with Crippen LogP contribution in [-0.4, -0.2) is 22.0 Å². The van der Waals surface area contributed by atoms with Gasteiger partial charge in [0.15, 0.2) is 5.13 Å². The number of benzene rings is 1. The maximum absolute atomic E-state index is 11.5. The molecule has 0 atom stereocenters. The Kier molecular flexibility index (Phi) is 5.50. The number of carbonyl (C=O) groups excluding carboxylic acids is 1. The predicted octanol–water partition coefficient (Wildman–Crippen LogP) is 3.91. The third-order valence-corrected chi connectivity index (χ3v) is 4.40. The Morgan fingerprint density at radius 1 is 1.26 bits per heavy atom. The van der Waals surface area contributed by atoms with Crippen molar-refractivity contribution in [3.8, 4) is 11.3 Å². The summed E-state index contributed by atoms with van der Waals surface area (Å²) in [5.41, 5.74) is 2.70. The van der Waals surface area contributed by atoms with Gasteiger partial charge in [-0.15, -0.1) is 11.3 Å². The van der Waals surface area contributed by atoms with E-state index in [1.165, 1.54) is 16.9 Å². The largest absolute Gasteiger partial charge is 0.481 e. The van der Waals surface area contributed by atoms with Gasteiger partial charge in [-0.1, -0.05) is 45.0 Å². The Morgan fingerprint density at radius 2 is 1.91 bits per heavy atom. The molecule has 0 aliphatic carbocycles. The van der Waals surface area contributed by atoms with Crippen molar-refractivity contribution in [1.82, 2.24) is 4.98 Å². The van der Waals surface area contributed by atoms with Crippen LogP contribution in [0.2, 0.25) is 0 Å². The average molecular weight is 332 g/mol. The predicted molar refractivity (Wildman–Crippen MR) is 91.9 cm³/mol. The minimum Gasteiger partial charge on any atom is -0.481 e. The summed E-state index contributed by atoms with van der Waals surface area (Å²) in [5, 5.41) is 12.2. The molecular weight excluding hydrogens is 312 g/mol. The Morgan fingerprint density at radius 3 is 2.43 bits per heavy atom. The number of nitrogens with zero attached hydrogens (tertiary/aromatic N) is 1. The average Bonchev–Trinajstić information content (AvgIpc) is 2.88. The van der Waals surface area contributed by atoms with Gasteiger partial charge in [-0.25, -0.2) is 4.98 Å². The van der Waals surface area contributed by atoms with Crippen LogP contribution in [0.15, 0.2) is 24.3 Å². The van der Waals surface area contributed by atoms with Crippen LogP contribution in [0.1, 0.15) is 43.6 Å². The fourth-order valence-electron chi connectivity index (χ4n) is 2.12. The summed E-state index contributed by atoms with van der Waals surface area (Å²) in [6.45, 7) is 5.99. The lowest BCUT2D eigenvalue weighted by Gasteiger charge is -2.06. The van der Waals surface area contributed by atoms with Crippen LogP contribution < -0.4 is 5.32 Å². The summed E-state index contributed by atoms with van der Waals surface area (Å²) in [6.07, 6.45) is 0.243. The van der Waals surface area contributed by atoms with Crippen molar-refractivity contribution < 1.29 is 14.7 Å². The number of carboxylic acids is 1. The molecular formula is C17H20N2O3S. The maximum Gasteiger partial charge on any atom is 0.308 e. The van der Waals surface area contributed by atoms with E-state index in [-0.39, 0.29) is 12.3 Å². The Bertz CT molecular complexity index is 705. The fraction of sp³-hybridized carbons (Fsp3) is 0.353. The lowest BCUT2D eigenvalue weighted by molar-refractivity contribution is -0.136. The first-order valence-corrected chi connectivity index (χ1v) is 8.34. The van der Waals surface area contributed by atoms with Crippen molar-refractivity contribution in [3.05, 3.63) is 34.7 Å². The molecule has 5 nitrogen and oxygen atoms in total. The second-order valence-corrected chi connectivity index (χ2v) is 6.62. The SMILES string of the molecule is CCC(=O)Nc1nc(-c2ccc(C(C)C)cc2)c(CC(=O)O)s1. The third-order valence-electron chi connectivity index (χ3n) is 3.43. The van der Waals surface area contributed by atoms with Crippen molar-refractivity contribution in [2.75, 3.05) is 5.32 Å². The normalized spacial score (nSPS) is 10.8. The standard InChI is InChI=1S/C17H20N2O3S/c1-4-14(20)18-17-19-16(13(23-17)9-15(21)22)12-7-5-11(6-8-12)10(2)3/h5-8,10H,4,9H2,1-3H3,(H,21,22)(H,18,19,20). The van der Waals surface area contributed by atoms with Gasteiger partial charge >= 0.3 is 5.97 Å². The van der Waals surface area contributed by atoms with E-state index < -0.39 is 5.97 Å². The molecule has 0 aliphatic heterocycles. The molecule has 1 heterocycles. The third kappa shape index (κ3) is 4.39. The van der Waals surface area contributed by atoms with E-state index in [2.05, 4.69) is 24.1 Å². The van der Waals surface area contributed by atoms with Gasteiger partial charge in [-0.05, 0) is 11.5 Å². The molecule has 2 rings (SSSR count). The molecule has 122 valence electrons. The maximum atomic E-state index is 11.5. The molecule has 1 aromatic carbocycles. The molecule has 6 heteroatoms. The Hall–Kier alpha value is -2.21. The van der Waals surface area contributed by atoms with E-state index in [9.17, 15) is 9.59 Å².